The number of carbonyl (C=O) groups excluding carboxylic acids is 1. The zero-order valence-corrected chi connectivity index (χ0v) is 13.0. The lowest BCUT2D eigenvalue weighted by Crippen LogP contribution is -2.37. The monoisotopic (exact) mass is 282 g/mol. The molecule has 1 aromatic rings. The molecule has 0 radical (unpaired) electrons. The van der Waals surface area contributed by atoms with Gasteiger partial charge in [0.05, 0.1) is 11.9 Å². The van der Waals surface area contributed by atoms with E-state index in [9.17, 15) is 4.79 Å². The number of rotatable bonds is 5. The summed E-state index contributed by atoms with van der Waals surface area (Å²) in [6.45, 7) is 5.98. The zero-order valence-electron chi connectivity index (χ0n) is 12.2. The molecule has 6 heteroatoms. The van der Waals surface area contributed by atoms with Gasteiger partial charge in [-0.25, -0.2) is 9.97 Å². The fourth-order valence-corrected chi connectivity index (χ4v) is 2.28. The molecule has 2 N–H and O–H groups in total. The topological polar surface area (TPSA) is 72.1 Å². The van der Waals surface area contributed by atoms with Crippen molar-refractivity contribution in [3.05, 3.63) is 17.7 Å². The Morgan fingerprint density at radius 2 is 2.11 bits per heavy atom. The minimum absolute atomic E-state index is 0.138. The zero-order chi connectivity index (χ0) is 14.6. The van der Waals surface area contributed by atoms with Crippen LogP contribution in [0.4, 0.5) is 5.69 Å². The van der Waals surface area contributed by atoms with E-state index in [1.54, 1.807) is 23.7 Å². The van der Waals surface area contributed by atoms with Crippen LogP contribution in [0, 0.1) is 0 Å². The third-order valence-corrected chi connectivity index (χ3v) is 3.76. The number of amides is 1. The molecule has 0 saturated heterocycles. The highest BCUT2D eigenvalue weighted by molar-refractivity contribution is 7.98. The van der Waals surface area contributed by atoms with Crippen LogP contribution in [0.3, 0.4) is 0 Å². The number of aromatic nitrogens is 2. The van der Waals surface area contributed by atoms with Crippen molar-refractivity contribution in [1.82, 2.24) is 14.9 Å². The van der Waals surface area contributed by atoms with E-state index in [4.69, 9.17) is 5.73 Å². The molecule has 19 heavy (non-hydrogen) atoms. The van der Waals surface area contributed by atoms with Crippen molar-refractivity contribution in [1.29, 1.82) is 0 Å². The van der Waals surface area contributed by atoms with Gasteiger partial charge in [0, 0.05) is 24.8 Å². The summed E-state index contributed by atoms with van der Waals surface area (Å²) in [6, 6.07) is 0.138. The van der Waals surface area contributed by atoms with Crippen LogP contribution in [-0.4, -0.2) is 45.9 Å². The van der Waals surface area contributed by atoms with E-state index in [0.29, 0.717) is 17.2 Å². The van der Waals surface area contributed by atoms with Gasteiger partial charge in [0.1, 0.15) is 5.82 Å². The second-order valence-corrected chi connectivity index (χ2v) is 5.82. The van der Waals surface area contributed by atoms with Crippen molar-refractivity contribution in [2.45, 2.75) is 32.7 Å². The summed E-state index contributed by atoms with van der Waals surface area (Å²) >= 11 is 1.71. The molecule has 1 aromatic heterocycles. The number of nitrogens with two attached hydrogens (primary N) is 1. The average Bonchev–Trinajstić information content (AvgIpc) is 2.37. The fourth-order valence-electron chi connectivity index (χ4n) is 1.57. The number of nitrogen functional groups attached to an aromatic ring is 1. The van der Waals surface area contributed by atoms with Crippen LogP contribution in [0.5, 0.6) is 0 Å². The molecule has 106 valence electrons. The van der Waals surface area contributed by atoms with Gasteiger partial charge in [-0.3, -0.25) is 4.79 Å². The van der Waals surface area contributed by atoms with E-state index < -0.39 is 0 Å². The first kappa shape index (κ1) is 15.8. The number of anilines is 1. The molecule has 0 aliphatic carbocycles. The Balaban J connectivity index is 3.01. The Morgan fingerprint density at radius 3 is 2.63 bits per heavy atom. The van der Waals surface area contributed by atoms with Crippen molar-refractivity contribution in [2.24, 2.45) is 0 Å². The van der Waals surface area contributed by atoms with E-state index in [1.807, 2.05) is 27.0 Å². The first-order chi connectivity index (χ1) is 8.88. The Bertz CT molecular complexity index is 450. The second-order valence-electron chi connectivity index (χ2n) is 4.91. The third-order valence-electron chi connectivity index (χ3n) is 2.94. The highest BCUT2D eigenvalue weighted by atomic mass is 32.2. The molecule has 5 nitrogen and oxygen atoms in total. The van der Waals surface area contributed by atoms with Gasteiger partial charge in [0.15, 0.2) is 5.69 Å². The molecule has 1 unspecified atom stereocenters. The molecule has 0 spiro atoms. The van der Waals surface area contributed by atoms with Crippen LogP contribution in [0.2, 0.25) is 0 Å². The maximum Gasteiger partial charge on any atom is 0.274 e. The highest BCUT2D eigenvalue weighted by Crippen LogP contribution is 2.16. The molecule has 1 atom stereocenters. The quantitative estimate of drug-likeness (QED) is 0.894. The van der Waals surface area contributed by atoms with Gasteiger partial charge in [0.25, 0.3) is 5.91 Å². The largest absolute Gasteiger partial charge is 0.396 e. The van der Waals surface area contributed by atoms with Gasteiger partial charge in [-0.15, -0.1) is 0 Å². The van der Waals surface area contributed by atoms with Crippen LogP contribution < -0.4 is 5.73 Å². The summed E-state index contributed by atoms with van der Waals surface area (Å²) in [6.07, 6.45) is 3.54. The van der Waals surface area contributed by atoms with E-state index in [2.05, 4.69) is 9.97 Å². The maximum absolute atomic E-state index is 12.4. The lowest BCUT2D eigenvalue weighted by atomic mass is 10.2. The van der Waals surface area contributed by atoms with Crippen molar-refractivity contribution in [2.75, 3.05) is 24.8 Å². The smallest absolute Gasteiger partial charge is 0.274 e. The van der Waals surface area contributed by atoms with Gasteiger partial charge < -0.3 is 10.6 Å². The van der Waals surface area contributed by atoms with Crippen LogP contribution in [0.1, 0.15) is 43.0 Å². The summed E-state index contributed by atoms with van der Waals surface area (Å²) < 4.78 is 0. The molecule has 0 aromatic carbocycles. The summed E-state index contributed by atoms with van der Waals surface area (Å²) in [4.78, 5) is 22.5. The van der Waals surface area contributed by atoms with E-state index in [1.165, 1.54) is 6.20 Å². The number of nitrogens with zero attached hydrogens (tertiary/aromatic N) is 3. The number of carbonyl (C=O) groups is 1. The van der Waals surface area contributed by atoms with Crippen LogP contribution in [0.25, 0.3) is 0 Å². The van der Waals surface area contributed by atoms with E-state index >= 15 is 0 Å². The molecule has 0 saturated carbocycles. The van der Waals surface area contributed by atoms with Crippen LogP contribution in [-0.2, 0) is 0 Å². The third kappa shape index (κ3) is 3.83. The first-order valence-corrected chi connectivity index (χ1v) is 7.66. The lowest BCUT2D eigenvalue weighted by Gasteiger charge is -2.24. The predicted molar refractivity (Wildman–Crippen MR) is 80.5 cm³/mol. The Morgan fingerprint density at radius 1 is 1.47 bits per heavy atom. The Hall–Kier alpha value is -1.30. The van der Waals surface area contributed by atoms with E-state index in [-0.39, 0.29) is 17.9 Å². The van der Waals surface area contributed by atoms with Gasteiger partial charge in [-0.05, 0) is 13.2 Å². The first-order valence-electron chi connectivity index (χ1n) is 6.27. The second kappa shape index (κ2) is 6.75. The molecular weight excluding hydrogens is 260 g/mol. The standard InChI is InChI=1S/C13H22N4OS/c1-8(2)12-15-6-10(14)11(16-12)13(18)17(4)9(3)7-19-5/h6,8-9H,7,14H2,1-5H3. The molecule has 0 bridgehead atoms. The molecule has 1 rings (SSSR count). The lowest BCUT2D eigenvalue weighted by molar-refractivity contribution is 0.0752. The minimum Gasteiger partial charge on any atom is -0.396 e. The van der Waals surface area contributed by atoms with Gasteiger partial charge in [-0.1, -0.05) is 13.8 Å². The molecule has 0 aliphatic rings. The maximum atomic E-state index is 12.4. The van der Waals surface area contributed by atoms with Crippen molar-refractivity contribution in [3.63, 3.8) is 0 Å². The Kier molecular flexibility index (Phi) is 5.60. The fraction of sp³-hybridized carbons (Fsp3) is 0.615. The van der Waals surface area contributed by atoms with Gasteiger partial charge in [-0.2, -0.15) is 11.8 Å². The number of hydrogen-bond acceptors (Lipinski definition) is 5. The summed E-state index contributed by atoms with van der Waals surface area (Å²) in [5.74, 6) is 1.54. The van der Waals surface area contributed by atoms with Gasteiger partial charge >= 0.3 is 0 Å². The van der Waals surface area contributed by atoms with Crippen molar-refractivity contribution < 1.29 is 4.79 Å². The predicted octanol–water partition coefficient (Wildman–Crippen LogP) is 2.01. The molecule has 0 aliphatic heterocycles. The molecule has 0 fully saturated rings. The van der Waals surface area contributed by atoms with Crippen LogP contribution >= 0.6 is 11.8 Å². The van der Waals surface area contributed by atoms with Crippen LogP contribution in [0.15, 0.2) is 6.20 Å². The van der Waals surface area contributed by atoms with Gasteiger partial charge in [0.2, 0.25) is 0 Å². The molecular formula is C13H22N4OS. The molecule has 1 heterocycles. The van der Waals surface area contributed by atoms with Crippen molar-refractivity contribution in [3.8, 4) is 0 Å². The van der Waals surface area contributed by atoms with E-state index in [0.717, 1.165) is 5.75 Å². The number of thioether (sulfide) groups is 1. The molecule has 1 amide bonds. The normalized spacial score (nSPS) is 12.5. The summed E-state index contributed by atoms with van der Waals surface area (Å²) in [7, 11) is 1.78. The number of hydrogen-bond donors (Lipinski definition) is 1. The van der Waals surface area contributed by atoms with Crippen molar-refractivity contribution >= 4 is 23.4 Å². The Labute approximate surface area is 119 Å². The summed E-state index contributed by atoms with van der Waals surface area (Å²) in [5.41, 5.74) is 6.46. The minimum atomic E-state index is -0.150. The summed E-state index contributed by atoms with van der Waals surface area (Å²) in [5, 5.41) is 0. The highest BCUT2D eigenvalue weighted by Gasteiger charge is 2.21. The average molecular weight is 282 g/mol. The SMILES string of the molecule is CSCC(C)N(C)C(=O)c1nc(C(C)C)ncc1N.